The van der Waals surface area contributed by atoms with Crippen LogP contribution in [0.4, 0.5) is 0 Å². The van der Waals surface area contributed by atoms with Crippen molar-refractivity contribution in [1.82, 2.24) is 25.5 Å². The molecule has 0 fully saturated rings. The Hall–Kier alpha value is -1.05. The van der Waals surface area contributed by atoms with Crippen LogP contribution in [-0.4, -0.2) is 53.7 Å². The minimum Gasteiger partial charge on any atom is -0.382 e. The second-order valence-corrected chi connectivity index (χ2v) is 2.98. The van der Waals surface area contributed by atoms with E-state index in [1.165, 1.54) is 4.80 Å². The van der Waals surface area contributed by atoms with Crippen LogP contribution in [0.25, 0.3) is 0 Å². The molecule has 0 atom stereocenters. The fourth-order valence-corrected chi connectivity index (χ4v) is 0.983. The van der Waals surface area contributed by atoms with Crippen LogP contribution in [-0.2, 0) is 23.1 Å². The molecule has 86 valence electrons. The van der Waals surface area contributed by atoms with E-state index in [1.807, 2.05) is 0 Å². The number of aryl methyl sites for hydroxylation is 1. The zero-order chi connectivity index (χ0) is 10.9. The first-order chi connectivity index (χ1) is 7.33. The Morgan fingerprint density at radius 2 is 2.20 bits per heavy atom. The van der Waals surface area contributed by atoms with Crippen LogP contribution in [0.2, 0.25) is 0 Å². The summed E-state index contributed by atoms with van der Waals surface area (Å²) in [5.74, 6) is 0.689. The Balaban J connectivity index is 1.93. The molecule has 0 saturated carbocycles. The molecule has 0 aliphatic carbocycles. The number of methoxy groups -OCH3 is 1. The second kappa shape index (κ2) is 7.27. The molecule has 0 radical (unpaired) electrons. The summed E-state index contributed by atoms with van der Waals surface area (Å²) in [4.78, 5) is 1.44. The van der Waals surface area contributed by atoms with Gasteiger partial charge in [-0.1, -0.05) is 0 Å². The SMILES string of the molecule is COCCOCCNCc1nnn(C)n1. The Bertz CT molecular complexity index is 265. The van der Waals surface area contributed by atoms with Crippen LogP contribution in [0.1, 0.15) is 5.82 Å². The molecule has 1 N–H and O–H groups in total. The minimum absolute atomic E-state index is 0.613. The predicted molar refractivity (Wildman–Crippen MR) is 53.2 cm³/mol. The summed E-state index contributed by atoms with van der Waals surface area (Å²) < 4.78 is 10.1. The highest BCUT2D eigenvalue weighted by atomic mass is 16.5. The molecule has 0 aromatic carbocycles. The number of nitrogens with zero attached hydrogens (tertiary/aromatic N) is 4. The van der Waals surface area contributed by atoms with Crippen molar-refractivity contribution in [3.63, 3.8) is 0 Å². The number of rotatable bonds is 8. The van der Waals surface area contributed by atoms with Gasteiger partial charge in [-0.05, 0) is 5.21 Å². The molecule has 7 heteroatoms. The zero-order valence-corrected chi connectivity index (χ0v) is 9.14. The molecular weight excluding hydrogens is 198 g/mol. The molecule has 0 amide bonds. The smallest absolute Gasteiger partial charge is 0.188 e. The molecule has 0 unspecified atom stereocenters. The second-order valence-electron chi connectivity index (χ2n) is 2.98. The summed E-state index contributed by atoms with van der Waals surface area (Å²) in [6.07, 6.45) is 0. The first-order valence-electron chi connectivity index (χ1n) is 4.83. The van der Waals surface area contributed by atoms with Gasteiger partial charge < -0.3 is 14.8 Å². The molecule has 0 spiro atoms. The van der Waals surface area contributed by atoms with E-state index in [2.05, 4.69) is 20.7 Å². The normalized spacial score (nSPS) is 10.8. The highest BCUT2D eigenvalue weighted by Crippen LogP contribution is 1.83. The van der Waals surface area contributed by atoms with E-state index in [-0.39, 0.29) is 0 Å². The van der Waals surface area contributed by atoms with Gasteiger partial charge in [-0.15, -0.1) is 10.2 Å². The van der Waals surface area contributed by atoms with Gasteiger partial charge >= 0.3 is 0 Å². The molecule has 1 heterocycles. The Labute approximate surface area is 88.7 Å². The van der Waals surface area contributed by atoms with Crippen LogP contribution in [0, 0.1) is 0 Å². The number of hydrogen-bond donors (Lipinski definition) is 1. The minimum atomic E-state index is 0.613. The van der Waals surface area contributed by atoms with Gasteiger partial charge in [0.05, 0.1) is 33.4 Å². The van der Waals surface area contributed by atoms with Crippen LogP contribution in [0.3, 0.4) is 0 Å². The fraction of sp³-hybridized carbons (Fsp3) is 0.875. The van der Waals surface area contributed by atoms with Crippen molar-refractivity contribution in [2.75, 3.05) is 33.5 Å². The van der Waals surface area contributed by atoms with Gasteiger partial charge in [-0.2, -0.15) is 4.80 Å². The summed E-state index contributed by atoms with van der Waals surface area (Å²) >= 11 is 0. The molecule has 1 aromatic rings. The van der Waals surface area contributed by atoms with E-state index in [1.54, 1.807) is 14.2 Å². The Kier molecular flexibility index (Phi) is 5.83. The lowest BCUT2D eigenvalue weighted by Crippen LogP contribution is -2.20. The maximum Gasteiger partial charge on any atom is 0.188 e. The standard InChI is InChI=1S/C8H17N5O2/c1-13-11-8(10-12-13)7-9-3-4-15-6-5-14-2/h9H,3-7H2,1-2H3. The number of nitrogens with one attached hydrogen (secondary N) is 1. The third kappa shape index (κ3) is 5.40. The van der Waals surface area contributed by atoms with Crippen molar-refractivity contribution >= 4 is 0 Å². The van der Waals surface area contributed by atoms with Crippen LogP contribution in [0.5, 0.6) is 0 Å². The van der Waals surface area contributed by atoms with Crippen molar-refractivity contribution in [1.29, 1.82) is 0 Å². The molecule has 15 heavy (non-hydrogen) atoms. The lowest BCUT2D eigenvalue weighted by Gasteiger charge is -2.03. The van der Waals surface area contributed by atoms with E-state index >= 15 is 0 Å². The average molecular weight is 215 g/mol. The van der Waals surface area contributed by atoms with Gasteiger partial charge in [-0.3, -0.25) is 0 Å². The summed E-state index contributed by atoms with van der Waals surface area (Å²) in [7, 11) is 3.39. The van der Waals surface area contributed by atoms with Gasteiger partial charge in [0.2, 0.25) is 0 Å². The average Bonchev–Trinajstić information content (AvgIpc) is 2.63. The molecule has 0 saturated heterocycles. The summed E-state index contributed by atoms with van der Waals surface area (Å²) in [6, 6.07) is 0. The maximum absolute atomic E-state index is 5.27. The fourth-order valence-electron chi connectivity index (χ4n) is 0.983. The van der Waals surface area contributed by atoms with E-state index in [0.717, 1.165) is 6.54 Å². The number of hydrogen-bond acceptors (Lipinski definition) is 6. The summed E-state index contributed by atoms with van der Waals surface area (Å²) in [6.45, 7) is 3.29. The van der Waals surface area contributed by atoms with Gasteiger partial charge in [0, 0.05) is 13.7 Å². The molecule has 1 aromatic heterocycles. The molecule has 7 nitrogen and oxygen atoms in total. The molecular formula is C8H17N5O2. The highest BCUT2D eigenvalue weighted by molar-refractivity contribution is 4.74. The van der Waals surface area contributed by atoms with E-state index in [9.17, 15) is 0 Å². The van der Waals surface area contributed by atoms with Crippen molar-refractivity contribution in [2.24, 2.45) is 7.05 Å². The molecule has 0 bridgehead atoms. The number of aromatic nitrogens is 4. The predicted octanol–water partition coefficient (Wildman–Crippen LogP) is -1.04. The Morgan fingerprint density at radius 1 is 1.33 bits per heavy atom. The first kappa shape index (κ1) is 12.0. The van der Waals surface area contributed by atoms with Gasteiger partial charge in [0.25, 0.3) is 0 Å². The van der Waals surface area contributed by atoms with Crippen molar-refractivity contribution in [3.8, 4) is 0 Å². The third-order valence-electron chi connectivity index (χ3n) is 1.69. The zero-order valence-electron chi connectivity index (χ0n) is 9.14. The van der Waals surface area contributed by atoms with E-state index in [0.29, 0.717) is 32.2 Å². The maximum atomic E-state index is 5.27. The van der Waals surface area contributed by atoms with Crippen LogP contribution < -0.4 is 5.32 Å². The quantitative estimate of drug-likeness (QED) is 0.558. The van der Waals surface area contributed by atoms with Gasteiger partial charge in [0.15, 0.2) is 5.82 Å². The highest BCUT2D eigenvalue weighted by Gasteiger charge is 1.98. The van der Waals surface area contributed by atoms with Crippen molar-refractivity contribution in [3.05, 3.63) is 5.82 Å². The topological polar surface area (TPSA) is 74.1 Å². The van der Waals surface area contributed by atoms with E-state index < -0.39 is 0 Å². The first-order valence-corrected chi connectivity index (χ1v) is 4.83. The number of ether oxygens (including phenoxy) is 2. The van der Waals surface area contributed by atoms with E-state index in [4.69, 9.17) is 9.47 Å². The largest absolute Gasteiger partial charge is 0.382 e. The lowest BCUT2D eigenvalue weighted by molar-refractivity contribution is 0.0718. The third-order valence-corrected chi connectivity index (χ3v) is 1.69. The van der Waals surface area contributed by atoms with Gasteiger partial charge in [-0.25, -0.2) is 0 Å². The summed E-state index contributed by atoms with van der Waals surface area (Å²) in [5, 5.41) is 14.7. The van der Waals surface area contributed by atoms with Crippen LogP contribution in [0.15, 0.2) is 0 Å². The lowest BCUT2D eigenvalue weighted by atomic mass is 10.5. The molecule has 0 aliphatic rings. The monoisotopic (exact) mass is 215 g/mol. The van der Waals surface area contributed by atoms with Crippen LogP contribution >= 0.6 is 0 Å². The molecule has 0 aliphatic heterocycles. The van der Waals surface area contributed by atoms with Crippen molar-refractivity contribution < 1.29 is 9.47 Å². The van der Waals surface area contributed by atoms with Gasteiger partial charge in [0.1, 0.15) is 0 Å². The van der Waals surface area contributed by atoms with Crippen molar-refractivity contribution in [2.45, 2.75) is 6.54 Å². The Morgan fingerprint density at radius 3 is 2.87 bits per heavy atom. The molecule has 1 rings (SSSR count). The number of tetrazole rings is 1. The summed E-state index contributed by atoms with van der Waals surface area (Å²) in [5.41, 5.74) is 0.